The van der Waals surface area contributed by atoms with Gasteiger partial charge >= 0.3 is 5.92 Å². The van der Waals surface area contributed by atoms with Crippen molar-refractivity contribution in [3.63, 3.8) is 0 Å². The minimum Gasteiger partial charge on any atom is -0.328 e. The van der Waals surface area contributed by atoms with Gasteiger partial charge in [0, 0.05) is 18.7 Å². The molecule has 26 heavy (non-hydrogen) atoms. The minimum absolute atomic E-state index is 0.176. The molecule has 0 atom stereocenters. The quantitative estimate of drug-likeness (QED) is 0.652. The van der Waals surface area contributed by atoms with Crippen molar-refractivity contribution in [1.29, 1.82) is 0 Å². The van der Waals surface area contributed by atoms with Crippen molar-refractivity contribution in [2.45, 2.75) is 19.0 Å². The summed E-state index contributed by atoms with van der Waals surface area (Å²) in [5.41, 5.74) is 2.68. The predicted octanol–water partition coefficient (Wildman–Crippen LogP) is 4.99. The molecule has 1 aliphatic heterocycles. The van der Waals surface area contributed by atoms with Gasteiger partial charge in [0.1, 0.15) is 0 Å². The van der Waals surface area contributed by atoms with Crippen molar-refractivity contribution in [2.24, 2.45) is 0 Å². The van der Waals surface area contributed by atoms with Gasteiger partial charge in [-0.15, -0.1) is 0 Å². The molecule has 0 N–H and O–H groups in total. The fourth-order valence-electron chi connectivity index (χ4n) is 3.34. The van der Waals surface area contributed by atoms with Crippen LogP contribution in [0.3, 0.4) is 0 Å². The molecule has 0 aliphatic carbocycles. The molecular weight excluding hydrogens is 332 g/mol. The van der Waals surface area contributed by atoms with Gasteiger partial charge in [0.15, 0.2) is 0 Å². The van der Waals surface area contributed by atoms with Crippen LogP contribution < -0.4 is 0 Å². The second-order valence-corrected chi connectivity index (χ2v) is 6.46. The Balaban J connectivity index is 1.70. The molecule has 130 valence electrons. The highest BCUT2D eigenvalue weighted by Gasteiger charge is 2.48. The third kappa shape index (κ3) is 2.88. The fraction of sp³-hybridized carbons (Fsp3) is 0.136. The van der Waals surface area contributed by atoms with Crippen LogP contribution in [0.1, 0.15) is 16.7 Å². The summed E-state index contributed by atoms with van der Waals surface area (Å²) in [4.78, 5) is 13.7. The maximum absolute atomic E-state index is 14.8. The topological polar surface area (TPSA) is 20.3 Å². The summed E-state index contributed by atoms with van der Waals surface area (Å²) in [6, 6.07) is 23.5. The van der Waals surface area contributed by atoms with Crippen molar-refractivity contribution >= 4 is 5.91 Å². The highest BCUT2D eigenvalue weighted by Crippen LogP contribution is 2.40. The molecule has 3 aromatic rings. The summed E-state index contributed by atoms with van der Waals surface area (Å²) >= 11 is 0. The Morgan fingerprint density at radius 2 is 1.50 bits per heavy atom. The first-order chi connectivity index (χ1) is 12.6. The zero-order valence-corrected chi connectivity index (χ0v) is 14.0. The number of alkyl halides is 2. The molecule has 0 radical (unpaired) electrons. The Hall–Kier alpha value is -3.01. The van der Waals surface area contributed by atoms with Gasteiger partial charge in [0.2, 0.25) is 0 Å². The summed E-state index contributed by atoms with van der Waals surface area (Å²) in [7, 11) is 0. The number of hydrogen-bond acceptors (Lipinski definition) is 1. The van der Waals surface area contributed by atoms with Gasteiger partial charge < -0.3 is 4.90 Å². The zero-order chi connectivity index (χ0) is 18.1. The molecule has 0 fully saturated rings. The standard InChI is InChI=1S/C22H17F2NO/c23-22(24)20-13-18(17-9-5-2-6-10-17)11-12-19(20)15-25(21(22)26)14-16-7-3-1-4-8-16/h1-13H,14-15H2. The summed E-state index contributed by atoms with van der Waals surface area (Å²) in [5.74, 6) is -4.66. The Morgan fingerprint density at radius 3 is 2.19 bits per heavy atom. The molecule has 0 saturated carbocycles. The number of nitrogens with zero attached hydrogens (tertiary/aromatic N) is 1. The third-order valence-corrected chi connectivity index (χ3v) is 4.69. The first kappa shape index (κ1) is 16.5. The zero-order valence-electron chi connectivity index (χ0n) is 14.0. The molecule has 3 aromatic carbocycles. The number of rotatable bonds is 3. The lowest BCUT2D eigenvalue weighted by Crippen LogP contribution is -2.45. The second kappa shape index (κ2) is 6.37. The SMILES string of the molecule is O=C1N(Cc2ccccc2)Cc2ccc(-c3ccccc3)cc2C1(F)F. The second-order valence-electron chi connectivity index (χ2n) is 6.46. The van der Waals surface area contributed by atoms with Gasteiger partial charge in [-0.05, 0) is 28.3 Å². The van der Waals surface area contributed by atoms with Crippen LogP contribution in [0.2, 0.25) is 0 Å². The number of amides is 1. The smallest absolute Gasteiger partial charge is 0.328 e. The van der Waals surface area contributed by atoms with Gasteiger partial charge in [-0.1, -0.05) is 72.8 Å². The van der Waals surface area contributed by atoms with E-state index in [4.69, 9.17) is 0 Å². The number of benzene rings is 3. The van der Waals surface area contributed by atoms with Crippen LogP contribution in [0, 0.1) is 0 Å². The van der Waals surface area contributed by atoms with Crippen LogP contribution in [0.15, 0.2) is 78.9 Å². The van der Waals surface area contributed by atoms with Crippen LogP contribution in [-0.4, -0.2) is 10.8 Å². The van der Waals surface area contributed by atoms with E-state index in [0.717, 1.165) is 11.1 Å². The lowest BCUT2D eigenvalue weighted by atomic mass is 9.91. The largest absolute Gasteiger partial charge is 0.350 e. The van der Waals surface area contributed by atoms with Crippen LogP contribution >= 0.6 is 0 Å². The van der Waals surface area contributed by atoms with Gasteiger partial charge in [0.05, 0.1) is 0 Å². The summed E-state index contributed by atoms with van der Waals surface area (Å²) in [5, 5.41) is 0. The molecular formula is C22H17F2NO. The van der Waals surface area contributed by atoms with E-state index >= 15 is 0 Å². The highest BCUT2D eigenvalue weighted by atomic mass is 19.3. The predicted molar refractivity (Wildman–Crippen MR) is 96.5 cm³/mol. The Labute approximate surface area is 150 Å². The molecule has 2 nitrogen and oxygen atoms in total. The van der Waals surface area contributed by atoms with Crippen molar-refractivity contribution in [3.05, 3.63) is 95.6 Å². The minimum atomic E-state index is -3.52. The van der Waals surface area contributed by atoms with Crippen molar-refractivity contribution in [2.75, 3.05) is 0 Å². The number of hydrogen-bond donors (Lipinski definition) is 0. The third-order valence-electron chi connectivity index (χ3n) is 4.69. The van der Waals surface area contributed by atoms with E-state index in [-0.39, 0.29) is 18.7 Å². The van der Waals surface area contributed by atoms with Crippen LogP contribution in [0.4, 0.5) is 8.78 Å². The van der Waals surface area contributed by atoms with Crippen LogP contribution in [-0.2, 0) is 23.8 Å². The fourth-order valence-corrected chi connectivity index (χ4v) is 3.34. The number of carbonyl (C=O) groups excluding carboxylic acids is 1. The summed E-state index contributed by atoms with van der Waals surface area (Å²) in [6.07, 6.45) is 0. The molecule has 0 unspecified atom stereocenters. The van der Waals surface area contributed by atoms with E-state index in [1.165, 1.54) is 11.0 Å². The molecule has 0 aromatic heterocycles. The number of carbonyl (C=O) groups is 1. The van der Waals surface area contributed by atoms with E-state index in [1.807, 2.05) is 66.7 Å². The normalized spacial score (nSPS) is 15.6. The maximum atomic E-state index is 14.8. The van der Waals surface area contributed by atoms with Crippen molar-refractivity contribution in [3.8, 4) is 11.1 Å². The monoisotopic (exact) mass is 349 g/mol. The highest BCUT2D eigenvalue weighted by molar-refractivity contribution is 5.87. The molecule has 1 aliphatic rings. The maximum Gasteiger partial charge on any atom is 0.350 e. The van der Waals surface area contributed by atoms with Crippen LogP contribution in [0.25, 0.3) is 11.1 Å². The van der Waals surface area contributed by atoms with Crippen LogP contribution in [0.5, 0.6) is 0 Å². The number of fused-ring (bicyclic) bond motifs is 1. The molecule has 1 heterocycles. The first-order valence-corrected chi connectivity index (χ1v) is 8.45. The van der Waals surface area contributed by atoms with Gasteiger partial charge in [-0.2, -0.15) is 8.78 Å². The Kier molecular flexibility index (Phi) is 4.03. The van der Waals surface area contributed by atoms with E-state index < -0.39 is 11.8 Å². The van der Waals surface area contributed by atoms with Crippen molar-refractivity contribution < 1.29 is 13.6 Å². The first-order valence-electron chi connectivity index (χ1n) is 8.45. The molecule has 1 amide bonds. The molecule has 0 bridgehead atoms. The van der Waals surface area contributed by atoms with Crippen molar-refractivity contribution in [1.82, 2.24) is 4.90 Å². The molecule has 0 saturated heterocycles. The van der Waals surface area contributed by atoms with E-state index in [1.54, 1.807) is 6.07 Å². The van der Waals surface area contributed by atoms with Gasteiger partial charge in [-0.25, -0.2) is 0 Å². The van der Waals surface area contributed by atoms with E-state index in [9.17, 15) is 13.6 Å². The number of halogens is 2. The van der Waals surface area contributed by atoms with E-state index in [2.05, 4.69) is 0 Å². The van der Waals surface area contributed by atoms with E-state index in [0.29, 0.717) is 11.1 Å². The lowest BCUT2D eigenvalue weighted by molar-refractivity contribution is -0.163. The molecule has 0 spiro atoms. The Bertz CT molecular complexity index is 939. The summed E-state index contributed by atoms with van der Waals surface area (Å²) < 4.78 is 29.7. The average Bonchev–Trinajstić information content (AvgIpc) is 2.67. The van der Waals surface area contributed by atoms with Gasteiger partial charge in [0.25, 0.3) is 5.91 Å². The van der Waals surface area contributed by atoms with Gasteiger partial charge in [-0.3, -0.25) is 4.79 Å². The summed E-state index contributed by atoms with van der Waals surface area (Å²) in [6.45, 7) is 0.364. The Morgan fingerprint density at radius 1 is 0.846 bits per heavy atom. The molecule has 4 heteroatoms. The average molecular weight is 349 g/mol. The lowest BCUT2D eigenvalue weighted by Gasteiger charge is -2.34. The molecule has 4 rings (SSSR count).